The topological polar surface area (TPSA) is 17.0 Å². The molecule has 0 amide bonds. The molecule has 8 aromatic rings. The molecule has 0 saturated heterocycles. The van der Waals surface area contributed by atoms with Crippen molar-refractivity contribution in [2.75, 3.05) is 11.9 Å². The van der Waals surface area contributed by atoms with E-state index in [9.17, 15) is 0 Å². The smallest absolute Gasteiger partial charge is 0.119 e. The van der Waals surface area contributed by atoms with Gasteiger partial charge in [-0.3, -0.25) is 4.57 Å². The first-order valence-electron chi connectivity index (χ1n) is 16.0. The van der Waals surface area contributed by atoms with E-state index in [-0.39, 0.29) is 0 Å². The zero-order valence-corrected chi connectivity index (χ0v) is 25.7. The van der Waals surface area contributed by atoms with E-state index >= 15 is 0 Å². The first-order valence-corrected chi connectivity index (χ1v) is 16.0. The Morgan fingerprint density at radius 3 is 1.74 bits per heavy atom. The number of aromatic nitrogens is 1. The van der Waals surface area contributed by atoms with Crippen LogP contribution in [0.4, 0.5) is 5.82 Å². The zero-order chi connectivity index (χ0) is 30.6. The highest BCUT2D eigenvalue weighted by Gasteiger charge is 2.21. The molecule has 9 rings (SSSR count). The molecule has 0 radical (unpaired) electrons. The number of benzene rings is 7. The van der Waals surface area contributed by atoms with Gasteiger partial charge in [-0.1, -0.05) is 133 Å². The van der Waals surface area contributed by atoms with Crippen LogP contribution in [0.5, 0.6) is 0 Å². The molecule has 0 bridgehead atoms. The molecule has 0 fully saturated rings. The van der Waals surface area contributed by atoms with Crippen LogP contribution in [0.1, 0.15) is 11.1 Å². The fourth-order valence-corrected chi connectivity index (χ4v) is 7.32. The quantitative estimate of drug-likeness (QED) is 0.202. The van der Waals surface area contributed by atoms with Gasteiger partial charge in [0.05, 0.1) is 5.52 Å². The van der Waals surface area contributed by atoms with E-state index in [1.54, 1.807) is 0 Å². The number of nitrogens with one attached hydrogen (secondary N) is 1. The van der Waals surface area contributed by atoms with Gasteiger partial charge in [-0.05, 0) is 92.2 Å². The first-order chi connectivity index (χ1) is 22.7. The van der Waals surface area contributed by atoms with Crippen LogP contribution in [0.25, 0.3) is 77.6 Å². The monoisotopic (exact) mass is 588 g/mol. The molecule has 1 N–H and O–H groups in total. The summed E-state index contributed by atoms with van der Waals surface area (Å²) in [5.74, 6) is 1.15. The van der Waals surface area contributed by atoms with Crippen molar-refractivity contribution in [1.82, 2.24) is 4.57 Å². The van der Waals surface area contributed by atoms with Crippen molar-refractivity contribution in [3.63, 3.8) is 0 Å². The molecule has 1 aromatic heterocycles. The van der Waals surface area contributed by atoms with E-state index < -0.39 is 0 Å². The van der Waals surface area contributed by atoms with Gasteiger partial charge in [-0.2, -0.15) is 0 Å². The SMILES string of the molecule is Cc1ccc(-n2c3c(c4cc(-c5ccc6c(-c7ccccc7)c7ccccc7c(-c7ccccc7)c6c5)ccc42)C=CCN3)cc1. The minimum Gasteiger partial charge on any atom is -0.367 e. The van der Waals surface area contributed by atoms with E-state index in [0.29, 0.717) is 0 Å². The minimum absolute atomic E-state index is 0.826. The average molecular weight is 589 g/mol. The lowest BCUT2D eigenvalue weighted by molar-refractivity contribution is 1.09. The van der Waals surface area contributed by atoms with E-state index in [2.05, 4.69) is 175 Å². The van der Waals surface area contributed by atoms with Gasteiger partial charge < -0.3 is 5.32 Å². The van der Waals surface area contributed by atoms with Gasteiger partial charge in [0.2, 0.25) is 0 Å². The largest absolute Gasteiger partial charge is 0.367 e. The van der Waals surface area contributed by atoms with E-state index in [1.165, 1.54) is 82.6 Å². The van der Waals surface area contributed by atoms with Crippen LogP contribution in [0.15, 0.2) is 152 Å². The maximum atomic E-state index is 3.66. The van der Waals surface area contributed by atoms with Gasteiger partial charge in [-0.15, -0.1) is 0 Å². The Morgan fingerprint density at radius 2 is 1.07 bits per heavy atom. The lowest BCUT2D eigenvalue weighted by Crippen LogP contribution is -2.08. The maximum absolute atomic E-state index is 3.66. The summed E-state index contributed by atoms with van der Waals surface area (Å²) in [6.45, 7) is 2.96. The Balaban J connectivity index is 1.31. The van der Waals surface area contributed by atoms with Crippen molar-refractivity contribution < 1.29 is 0 Å². The van der Waals surface area contributed by atoms with Gasteiger partial charge in [0, 0.05) is 23.2 Å². The Bertz CT molecular complexity index is 2450. The van der Waals surface area contributed by atoms with Crippen LogP contribution < -0.4 is 5.32 Å². The van der Waals surface area contributed by atoms with E-state index in [0.717, 1.165) is 12.4 Å². The number of aryl methyl sites for hydroxylation is 1. The molecule has 0 aliphatic carbocycles. The van der Waals surface area contributed by atoms with Crippen LogP contribution in [0.2, 0.25) is 0 Å². The second-order valence-corrected chi connectivity index (χ2v) is 12.2. The van der Waals surface area contributed by atoms with Crippen LogP contribution in [-0.4, -0.2) is 11.1 Å². The highest BCUT2D eigenvalue weighted by Crippen LogP contribution is 2.45. The first kappa shape index (κ1) is 26.5. The molecule has 0 unspecified atom stereocenters. The highest BCUT2D eigenvalue weighted by molar-refractivity contribution is 6.22. The molecule has 2 nitrogen and oxygen atoms in total. The third kappa shape index (κ3) is 4.18. The van der Waals surface area contributed by atoms with Crippen molar-refractivity contribution in [2.24, 2.45) is 0 Å². The van der Waals surface area contributed by atoms with Crippen molar-refractivity contribution in [3.05, 3.63) is 163 Å². The van der Waals surface area contributed by atoms with Gasteiger partial charge in [0.1, 0.15) is 5.82 Å². The molecule has 1 aliphatic rings. The summed E-state index contributed by atoms with van der Waals surface area (Å²) < 4.78 is 2.36. The molecule has 1 aliphatic heterocycles. The molecule has 0 atom stereocenters. The highest BCUT2D eigenvalue weighted by atomic mass is 15.1. The number of fused-ring (bicyclic) bond motifs is 5. The summed E-state index contributed by atoms with van der Waals surface area (Å²) in [4.78, 5) is 0. The Labute approximate surface area is 268 Å². The molecule has 0 spiro atoms. The minimum atomic E-state index is 0.826. The van der Waals surface area contributed by atoms with Gasteiger partial charge in [-0.25, -0.2) is 0 Å². The van der Waals surface area contributed by atoms with Crippen molar-refractivity contribution in [3.8, 4) is 39.1 Å². The number of nitrogens with zero attached hydrogens (tertiary/aromatic N) is 1. The number of hydrogen-bond donors (Lipinski definition) is 1. The fourth-order valence-electron chi connectivity index (χ4n) is 7.32. The van der Waals surface area contributed by atoms with Crippen LogP contribution in [0, 0.1) is 6.92 Å². The molecule has 2 heteroatoms. The molecular formula is C44H32N2. The summed E-state index contributed by atoms with van der Waals surface area (Å²) in [6, 6.07) is 53.4. The van der Waals surface area contributed by atoms with Crippen LogP contribution >= 0.6 is 0 Å². The third-order valence-electron chi connectivity index (χ3n) is 9.45. The normalized spacial score (nSPS) is 12.5. The third-order valence-corrected chi connectivity index (χ3v) is 9.45. The lowest BCUT2D eigenvalue weighted by Gasteiger charge is -2.18. The molecule has 7 aromatic carbocycles. The van der Waals surface area contributed by atoms with Gasteiger partial charge in [0.15, 0.2) is 0 Å². The predicted octanol–water partition coefficient (Wildman–Crippen LogP) is 11.7. The number of hydrogen-bond acceptors (Lipinski definition) is 1. The second-order valence-electron chi connectivity index (χ2n) is 12.2. The summed E-state index contributed by atoms with van der Waals surface area (Å²) in [7, 11) is 0. The van der Waals surface area contributed by atoms with Crippen LogP contribution in [-0.2, 0) is 0 Å². The lowest BCUT2D eigenvalue weighted by atomic mass is 9.85. The second kappa shape index (κ2) is 10.6. The molecule has 218 valence electrons. The molecule has 0 saturated carbocycles. The fraction of sp³-hybridized carbons (Fsp3) is 0.0455. The van der Waals surface area contributed by atoms with Gasteiger partial charge in [0.25, 0.3) is 0 Å². The summed E-state index contributed by atoms with van der Waals surface area (Å²) in [5.41, 5.74) is 12.3. The Kier molecular flexibility index (Phi) is 6.14. The molecule has 2 heterocycles. The predicted molar refractivity (Wildman–Crippen MR) is 197 cm³/mol. The molecule has 46 heavy (non-hydrogen) atoms. The average Bonchev–Trinajstić information content (AvgIpc) is 3.45. The van der Waals surface area contributed by atoms with Gasteiger partial charge >= 0.3 is 0 Å². The van der Waals surface area contributed by atoms with E-state index in [1.807, 2.05) is 0 Å². The molecular weight excluding hydrogens is 556 g/mol. The summed E-state index contributed by atoms with van der Waals surface area (Å²) in [5, 5.41) is 9.99. The Morgan fingerprint density at radius 1 is 0.500 bits per heavy atom. The van der Waals surface area contributed by atoms with Crippen LogP contribution in [0.3, 0.4) is 0 Å². The zero-order valence-electron chi connectivity index (χ0n) is 25.7. The number of anilines is 1. The Hall–Kier alpha value is -5.86. The summed E-state index contributed by atoms with van der Waals surface area (Å²) >= 11 is 0. The summed E-state index contributed by atoms with van der Waals surface area (Å²) in [6.07, 6.45) is 4.49. The van der Waals surface area contributed by atoms with Crippen molar-refractivity contribution in [1.29, 1.82) is 0 Å². The maximum Gasteiger partial charge on any atom is 0.119 e. The standard InChI is InChI=1S/C44H32N2/c1-29-18-22-34(23-19-29)46-41-25-21-33(27-39(41)38-17-10-26-45-44(38)46)32-20-24-37-40(28-32)43(31-13-6-3-7-14-31)36-16-9-8-15-35(36)42(37)30-11-4-2-5-12-30/h2-25,27-28,45H,26H2,1H3. The number of rotatable bonds is 4. The van der Waals surface area contributed by atoms with E-state index in [4.69, 9.17) is 0 Å². The van der Waals surface area contributed by atoms with Crippen molar-refractivity contribution >= 4 is 44.3 Å². The van der Waals surface area contributed by atoms with Crippen molar-refractivity contribution in [2.45, 2.75) is 6.92 Å².